The summed E-state index contributed by atoms with van der Waals surface area (Å²) in [6.45, 7) is 1.46. The normalized spacial score (nSPS) is 15.7. The van der Waals surface area contributed by atoms with E-state index in [4.69, 9.17) is 10.8 Å². The summed E-state index contributed by atoms with van der Waals surface area (Å²) in [6, 6.07) is 5.94. The first-order valence-electron chi connectivity index (χ1n) is 3.72. The van der Waals surface area contributed by atoms with Crippen molar-refractivity contribution in [1.82, 2.24) is 0 Å². The van der Waals surface area contributed by atoms with Gasteiger partial charge in [-0.2, -0.15) is 0 Å². The molecule has 0 spiro atoms. The van der Waals surface area contributed by atoms with Gasteiger partial charge in [-0.05, 0) is 24.6 Å². The Balaban J connectivity index is 3.03. The lowest BCUT2D eigenvalue weighted by atomic mass is 9.94. The maximum Gasteiger partial charge on any atom is 0.123 e. The van der Waals surface area contributed by atoms with E-state index >= 15 is 0 Å². The minimum atomic E-state index is -0.859. The molecule has 0 aromatic heterocycles. The summed E-state index contributed by atoms with van der Waals surface area (Å²) >= 11 is 0. The Morgan fingerprint density at radius 3 is 2.75 bits per heavy atom. The maximum absolute atomic E-state index is 12.7. The molecule has 3 heteroatoms. The zero-order valence-electron chi connectivity index (χ0n) is 6.92. The van der Waals surface area contributed by atoms with Crippen LogP contribution in [0, 0.1) is 5.82 Å². The first kappa shape index (κ1) is 9.16. The van der Waals surface area contributed by atoms with Gasteiger partial charge in [0.15, 0.2) is 0 Å². The molecule has 1 aromatic rings. The number of aliphatic hydroxyl groups is 1. The monoisotopic (exact) mass is 169 g/mol. The van der Waals surface area contributed by atoms with Crippen LogP contribution in [0.4, 0.5) is 4.39 Å². The van der Waals surface area contributed by atoms with Crippen molar-refractivity contribution in [2.24, 2.45) is 5.73 Å². The molecule has 0 aliphatic heterocycles. The van der Waals surface area contributed by atoms with Crippen LogP contribution in [0.3, 0.4) is 0 Å². The average molecular weight is 169 g/mol. The van der Waals surface area contributed by atoms with Gasteiger partial charge < -0.3 is 10.8 Å². The summed E-state index contributed by atoms with van der Waals surface area (Å²) < 4.78 is 12.7. The van der Waals surface area contributed by atoms with Gasteiger partial charge in [0.1, 0.15) is 5.82 Å². The van der Waals surface area contributed by atoms with Crippen molar-refractivity contribution in [3.05, 3.63) is 35.6 Å². The molecular weight excluding hydrogens is 157 g/mol. The molecule has 0 fully saturated rings. The van der Waals surface area contributed by atoms with Crippen molar-refractivity contribution < 1.29 is 9.50 Å². The van der Waals surface area contributed by atoms with Gasteiger partial charge in [0.05, 0.1) is 12.1 Å². The van der Waals surface area contributed by atoms with Crippen LogP contribution in [0.1, 0.15) is 12.5 Å². The molecule has 3 N–H and O–H groups in total. The number of halogens is 1. The molecule has 0 aliphatic carbocycles. The third-order valence-corrected chi connectivity index (χ3v) is 1.81. The van der Waals surface area contributed by atoms with Crippen molar-refractivity contribution in [3.63, 3.8) is 0 Å². The third kappa shape index (κ3) is 1.81. The van der Waals surface area contributed by atoms with Crippen molar-refractivity contribution in [2.45, 2.75) is 12.5 Å². The SMILES string of the molecule is C[C@@](N)(CO)c1cccc(F)c1. The molecule has 0 heterocycles. The van der Waals surface area contributed by atoms with Gasteiger partial charge in [-0.15, -0.1) is 0 Å². The smallest absolute Gasteiger partial charge is 0.123 e. The highest BCUT2D eigenvalue weighted by molar-refractivity contribution is 5.23. The second-order valence-corrected chi connectivity index (χ2v) is 3.09. The standard InChI is InChI=1S/C9H12FNO/c1-9(11,6-12)7-3-2-4-8(10)5-7/h2-5,12H,6,11H2,1H3/t9-/m1/s1. The second-order valence-electron chi connectivity index (χ2n) is 3.09. The van der Waals surface area contributed by atoms with E-state index in [2.05, 4.69) is 0 Å². The lowest BCUT2D eigenvalue weighted by molar-refractivity contribution is 0.210. The molecule has 0 saturated heterocycles. The molecule has 0 unspecified atom stereocenters. The van der Waals surface area contributed by atoms with Crippen molar-refractivity contribution >= 4 is 0 Å². The van der Waals surface area contributed by atoms with E-state index in [9.17, 15) is 4.39 Å². The van der Waals surface area contributed by atoms with Crippen LogP contribution in [-0.4, -0.2) is 11.7 Å². The van der Waals surface area contributed by atoms with Crippen molar-refractivity contribution in [3.8, 4) is 0 Å². The van der Waals surface area contributed by atoms with E-state index in [0.29, 0.717) is 5.56 Å². The Morgan fingerprint density at radius 2 is 2.25 bits per heavy atom. The number of rotatable bonds is 2. The van der Waals surface area contributed by atoms with Crippen LogP contribution in [-0.2, 0) is 5.54 Å². The fourth-order valence-electron chi connectivity index (χ4n) is 0.935. The van der Waals surface area contributed by atoms with E-state index in [-0.39, 0.29) is 12.4 Å². The van der Waals surface area contributed by atoms with Crippen molar-refractivity contribution in [1.29, 1.82) is 0 Å². The quantitative estimate of drug-likeness (QED) is 0.693. The van der Waals surface area contributed by atoms with Gasteiger partial charge in [0, 0.05) is 0 Å². The zero-order valence-corrected chi connectivity index (χ0v) is 6.92. The highest BCUT2D eigenvalue weighted by Gasteiger charge is 2.19. The molecule has 1 atom stereocenters. The molecule has 2 nitrogen and oxygen atoms in total. The lowest BCUT2D eigenvalue weighted by Crippen LogP contribution is -2.36. The Kier molecular flexibility index (Phi) is 2.45. The summed E-state index contributed by atoms with van der Waals surface area (Å²) in [6.07, 6.45) is 0. The summed E-state index contributed by atoms with van der Waals surface area (Å²) in [5.74, 6) is -0.336. The fraction of sp³-hybridized carbons (Fsp3) is 0.333. The van der Waals surface area contributed by atoms with Crippen LogP contribution < -0.4 is 5.73 Å². The molecule has 66 valence electrons. The minimum Gasteiger partial charge on any atom is -0.394 e. The van der Waals surface area contributed by atoms with E-state index < -0.39 is 5.54 Å². The summed E-state index contributed by atoms with van der Waals surface area (Å²) in [5, 5.41) is 8.89. The Labute approximate surface area is 70.8 Å². The van der Waals surface area contributed by atoms with Crippen LogP contribution in [0.15, 0.2) is 24.3 Å². The number of hydrogen-bond acceptors (Lipinski definition) is 2. The summed E-state index contributed by atoms with van der Waals surface area (Å²) in [7, 11) is 0. The predicted molar refractivity (Wildman–Crippen MR) is 45.0 cm³/mol. The molecule has 0 saturated carbocycles. The van der Waals surface area contributed by atoms with E-state index in [0.717, 1.165) is 0 Å². The zero-order chi connectivity index (χ0) is 9.19. The first-order chi connectivity index (χ1) is 5.56. The van der Waals surface area contributed by atoms with E-state index in [1.54, 1.807) is 19.1 Å². The highest BCUT2D eigenvalue weighted by atomic mass is 19.1. The van der Waals surface area contributed by atoms with Crippen molar-refractivity contribution in [2.75, 3.05) is 6.61 Å². The third-order valence-electron chi connectivity index (χ3n) is 1.81. The fourth-order valence-corrected chi connectivity index (χ4v) is 0.935. The first-order valence-corrected chi connectivity index (χ1v) is 3.72. The van der Waals surface area contributed by atoms with E-state index in [1.807, 2.05) is 0 Å². The van der Waals surface area contributed by atoms with Gasteiger partial charge in [-0.25, -0.2) is 4.39 Å². The topological polar surface area (TPSA) is 46.2 Å². The van der Waals surface area contributed by atoms with Gasteiger partial charge >= 0.3 is 0 Å². The Morgan fingerprint density at radius 1 is 1.58 bits per heavy atom. The molecule has 0 radical (unpaired) electrons. The Bertz CT molecular complexity index is 273. The average Bonchev–Trinajstić information content (AvgIpc) is 2.05. The van der Waals surface area contributed by atoms with Gasteiger partial charge in [-0.3, -0.25) is 0 Å². The highest BCUT2D eigenvalue weighted by Crippen LogP contribution is 2.17. The number of nitrogens with two attached hydrogens (primary N) is 1. The molecule has 1 aromatic carbocycles. The number of aliphatic hydroxyl groups excluding tert-OH is 1. The molecule has 0 aliphatic rings. The largest absolute Gasteiger partial charge is 0.394 e. The molecular formula is C9H12FNO. The minimum absolute atomic E-state index is 0.198. The number of benzene rings is 1. The molecule has 12 heavy (non-hydrogen) atoms. The van der Waals surface area contributed by atoms with Crippen LogP contribution in [0.25, 0.3) is 0 Å². The van der Waals surface area contributed by atoms with E-state index in [1.165, 1.54) is 12.1 Å². The van der Waals surface area contributed by atoms with Gasteiger partial charge in [0.25, 0.3) is 0 Å². The van der Waals surface area contributed by atoms with Gasteiger partial charge in [0.2, 0.25) is 0 Å². The predicted octanol–water partition coefficient (Wildman–Crippen LogP) is 0.992. The molecule has 0 bridgehead atoms. The van der Waals surface area contributed by atoms with Crippen LogP contribution in [0.5, 0.6) is 0 Å². The second kappa shape index (κ2) is 3.21. The summed E-state index contributed by atoms with van der Waals surface area (Å²) in [5.41, 5.74) is 5.43. The van der Waals surface area contributed by atoms with Crippen LogP contribution in [0.2, 0.25) is 0 Å². The van der Waals surface area contributed by atoms with Gasteiger partial charge in [-0.1, -0.05) is 12.1 Å². The Hall–Kier alpha value is -0.930. The molecule has 0 amide bonds. The summed E-state index contributed by atoms with van der Waals surface area (Å²) in [4.78, 5) is 0. The maximum atomic E-state index is 12.7. The number of hydrogen-bond donors (Lipinski definition) is 2. The lowest BCUT2D eigenvalue weighted by Gasteiger charge is -2.21. The molecule has 1 rings (SSSR count). The van der Waals surface area contributed by atoms with Crippen LogP contribution >= 0.6 is 0 Å².